The molecular weight excluding hydrogens is 612 g/mol. The van der Waals surface area contributed by atoms with Gasteiger partial charge in [0.25, 0.3) is 0 Å². The van der Waals surface area contributed by atoms with Crippen molar-refractivity contribution in [3.8, 4) is 11.8 Å². The highest BCUT2D eigenvalue weighted by Crippen LogP contribution is 2.44. The van der Waals surface area contributed by atoms with Gasteiger partial charge < -0.3 is 10.2 Å². The number of sulfone groups is 1. The predicted molar refractivity (Wildman–Crippen MR) is 144 cm³/mol. The summed E-state index contributed by atoms with van der Waals surface area (Å²) in [6.07, 6.45) is -7.54. The molecule has 1 amide bonds. The number of halogens is 6. The monoisotopic (exact) mass is 637 g/mol. The molecule has 0 radical (unpaired) electrons. The Morgan fingerprint density at radius 2 is 1.66 bits per heavy atom. The van der Waals surface area contributed by atoms with Crippen LogP contribution in [0.25, 0.3) is 5.69 Å². The van der Waals surface area contributed by atoms with Gasteiger partial charge in [-0.25, -0.2) is 13.1 Å². The van der Waals surface area contributed by atoms with E-state index in [4.69, 9.17) is 0 Å². The van der Waals surface area contributed by atoms with Crippen molar-refractivity contribution in [2.45, 2.75) is 72.1 Å². The van der Waals surface area contributed by atoms with Crippen molar-refractivity contribution in [2.24, 2.45) is 0 Å². The molecule has 1 aromatic heterocycles. The van der Waals surface area contributed by atoms with E-state index in [2.05, 4.69) is 10.4 Å². The number of carbonyl (C=O) groups excluding carboxylic acids is 1. The standard InChI is InChI=1S/C29H25F6N5O3S/c30-28(31,32)18-7-9-19(10-8-18)40-25(14-22(38-40)17-5-6-17)39-15-20(13-23(39)26(41)37-27(16-36)11-12-27)44(42,43)24-4-2-1-3-21(24)29(33,34)35/h1-4,7-10,14,17,20,23H,5-6,11-13,15H2,(H,37,41)/t20-,23+/m1/s1. The molecule has 2 aliphatic carbocycles. The fraction of sp³-hybridized carbons (Fsp3) is 0.414. The Hall–Kier alpha value is -4.06. The summed E-state index contributed by atoms with van der Waals surface area (Å²) in [5.74, 6) is -0.416. The molecule has 44 heavy (non-hydrogen) atoms. The van der Waals surface area contributed by atoms with Crippen LogP contribution in [0.5, 0.6) is 0 Å². The second-order valence-electron chi connectivity index (χ2n) is 11.4. The Morgan fingerprint density at radius 3 is 2.23 bits per heavy atom. The molecule has 0 bridgehead atoms. The highest BCUT2D eigenvalue weighted by atomic mass is 32.2. The fourth-order valence-corrected chi connectivity index (χ4v) is 7.43. The number of nitrogens with zero attached hydrogens (tertiary/aromatic N) is 4. The Kier molecular flexibility index (Phi) is 6.99. The second kappa shape index (κ2) is 10.3. The van der Waals surface area contributed by atoms with Crippen LogP contribution in [0.2, 0.25) is 0 Å². The van der Waals surface area contributed by atoms with Gasteiger partial charge in [-0.15, -0.1) is 0 Å². The maximum Gasteiger partial charge on any atom is 0.417 e. The van der Waals surface area contributed by atoms with Gasteiger partial charge in [-0.3, -0.25) is 4.79 Å². The first-order valence-corrected chi connectivity index (χ1v) is 15.4. The molecule has 1 N–H and O–H groups in total. The number of hydrogen-bond acceptors (Lipinski definition) is 6. The second-order valence-corrected chi connectivity index (χ2v) is 13.6. The predicted octanol–water partition coefficient (Wildman–Crippen LogP) is 5.38. The normalized spacial score (nSPS) is 21.6. The molecule has 2 heterocycles. The summed E-state index contributed by atoms with van der Waals surface area (Å²) < 4.78 is 110. The zero-order valence-corrected chi connectivity index (χ0v) is 23.7. The third kappa shape index (κ3) is 5.51. The number of amides is 1. The minimum atomic E-state index is -4.95. The Bertz CT molecular complexity index is 1750. The fourth-order valence-electron chi connectivity index (χ4n) is 5.52. The van der Waals surface area contributed by atoms with Crippen LogP contribution in [0.1, 0.15) is 54.8 Å². The molecular formula is C29H25F6N5O3S. The van der Waals surface area contributed by atoms with Crippen LogP contribution in [-0.4, -0.2) is 47.5 Å². The first-order valence-electron chi connectivity index (χ1n) is 13.8. The van der Waals surface area contributed by atoms with Crippen LogP contribution in [-0.2, 0) is 27.0 Å². The van der Waals surface area contributed by atoms with E-state index in [9.17, 15) is 44.8 Å². The third-order valence-corrected chi connectivity index (χ3v) is 10.5. The third-order valence-electron chi connectivity index (χ3n) is 8.27. The van der Waals surface area contributed by atoms with E-state index < -0.39 is 73.9 Å². The zero-order chi connectivity index (χ0) is 31.7. The van der Waals surface area contributed by atoms with Gasteiger partial charge in [0, 0.05) is 18.5 Å². The number of carbonyl (C=O) groups is 1. The van der Waals surface area contributed by atoms with Crippen LogP contribution < -0.4 is 10.2 Å². The average Bonchev–Trinajstić information content (AvgIpc) is 3.88. The SMILES string of the molecule is N#CC1(NC(=O)[C@@H]2C[C@@H](S(=O)(=O)c3ccccc3C(F)(F)F)CN2c2cc(C3CC3)nn2-c2ccc(C(F)(F)F)cc2)CC1. The van der Waals surface area contributed by atoms with Crippen molar-refractivity contribution in [1.82, 2.24) is 15.1 Å². The maximum atomic E-state index is 13.8. The Labute approximate surface area is 248 Å². The summed E-state index contributed by atoms with van der Waals surface area (Å²) in [5, 5.41) is 15.3. The van der Waals surface area contributed by atoms with E-state index in [0.29, 0.717) is 24.6 Å². The number of nitriles is 1. The number of hydrogen-bond donors (Lipinski definition) is 1. The van der Waals surface area contributed by atoms with E-state index in [0.717, 1.165) is 37.1 Å². The molecule has 8 nitrogen and oxygen atoms in total. The lowest BCUT2D eigenvalue weighted by atomic mass is 10.1. The van der Waals surface area contributed by atoms with Gasteiger partial charge in [0.1, 0.15) is 17.4 Å². The highest BCUT2D eigenvalue weighted by molar-refractivity contribution is 7.92. The molecule has 3 aromatic rings. The molecule has 1 aliphatic heterocycles. The molecule has 232 valence electrons. The number of benzene rings is 2. The molecule has 2 atom stereocenters. The summed E-state index contributed by atoms with van der Waals surface area (Å²) in [6.45, 7) is -0.400. The first-order chi connectivity index (χ1) is 20.6. The molecule has 2 aromatic carbocycles. The smallest absolute Gasteiger partial charge is 0.343 e. The van der Waals surface area contributed by atoms with Gasteiger partial charge in [0.05, 0.1) is 38.7 Å². The van der Waals surface area contributed by atoms with Crippen molar-refractivity contribution in [2.75, 3.05) is 11.4 Å². The van der Waals surface area contributed by atoms with Crippen molar-refractivity contribution in [3.05, 3.63) is 71.4 Å². The summed E-state index contributed by atoms with van der Waals surface area (Å²) in [5.41, 5.74) is -2.54. The lowest BCUT2D eigenvalue weighted by Gasteiger charge is -2.27. The van der Waals surface area contributed by atoms with Crippen LogP contribution in [0.4, 0.5) is 32.2 Å². The number of alkyl halides is 6. The van der Waals surface area contributed by atoms with Crippen LogP contribution in [0.3, 0.4) is 0 Å². The summed E-state index contributed by atoms with van der Waals surface area (Å²) in [4.78, 5) is 14.1. The van der Waals surface area contributed by atoms with Crippen LogP contribution in [0, 0.1) is 11.3 Å². The topological polar surface area (TPSA) is 108 Å². The van der Waals surface area contributed by atoms with E-state index in [1.807, 2.05) is 6.07 Å². The van der Waals surface area contributed by atoms with E-state index in [1.54, 1.807) is 6.07 Å². The molecule has 0 unspecified atom stereocenters. The van der Waals surface area contributed by atoms with Crippen LogP contribution in [0.15, 0.2) is 59.5 Å². The van der Waals surface area contributed by atoms with Gasteiger partial charge in [0.2, 0.25) is 5.91 Å². The zero-order valence-electron chi connectivity index (χ0n) is 22.9. The van der Waals surface area contributed by atoms with Gasteiger partial charge in [0.15, 0.2) is 9.84 Å². The van der Waals surface area contributed by atoms with E-state index in [1.165, 1.54) is 27.8 Å². The minimum absolute atomic E-state index is 0.0610. The van der Waals surface area contributed by atoms with Crippen molar-refractivity contribution >= 4 is 21.6 Å². The number of nitrogens with one attached hydrogen (secondary N) is 1. The first kappa shape index (κ1) is 30.0. The van der Waals surface area contributed by atoms with Crippen molar-refractivity contribution in [1.29, 1.82) is 5.26 Å². The maximum absolute atomic E-state index is 13.8. The van der Waals surface area contributed by atoms with Gasteiger partial charge in [-0.1, -0.05) is 12.1 Å². The largest absolute Gasteiger partial charge is 0.417 e. The molecule has 2 saturated carbocycles. The molecule has 3 aliphatic rings. The van der Waals surface area contributed by atoms with Crippen molar-refractivity contribution in [3.63, 3.8) is 0 Å². The average molecular weight is 638 g/mol. The molecule has 1 saturated heterocycles. The van der Waals surface area contributed by atoms with E-state index >= 15 is 0 Å². The number of anilines is 1. The minimum Gasteiger partial charge on any atom is -0.343 e. The summed E-state index contributed by atoms with van der Waals surface area (Å²) >= 11 is 0. The lowest BCUT2D eigenvalue weighted by Crippen LogP contribution is -2.48. The molecule has 0 spiro atoms. The number of aromatic nitrogens is 2. The van der Waals surface area contributed by atoms with Gasteiger partial charge >= 0.3 is 12.4 Å². The summed E-state index contributed by atoms with van der Waals surface area (Å²) in [6, 6.07) is 10.4. The van der Waals surface area contributed by atoms with E-state index in [-0.39, 0.29) is 17.4 Å². The van der Waals surface area contributed by atoms with Gasteiger partial charge in [-0.2, -0.15) is 36.7 Å². The van der Waals surface area contributed by atoms with Crippen molar-refractivity contribution < 1.29 is 39.6 Å². The number of rotatable bonds is 7. The Balaban J connectivity index is 1.43. The summed E-state index contributed by atoms with van der Waals surface area (Å²) in [7, 11) is -4.65. The van der Waals surface area contributed by atoms with Gasteiger partial charge in [-0.05, 0) is 68.5 Å². The lowest BCUT2D eigenvalue weighted by molar-refractivity contribution is -0.140. The quantitative estimate of drug-likeness (QED) is 0.349. The molecule has 15 heteroatoms. The Morgan fingerprint density at radius 1 is 1.00 bits per heavy atom. The highest BCUT2D eigenvalue weighted by Gasteiger charge is 2.51. The molecule has 6 rings (SSSR count). The molecule has 3 fully saturated rings. The van der Waals surface area contributed by atoms with Crippen LogP contribution >= 0.6 is 0 Å².